The van der Waals surface area contributed by atoms with E-state index in [0.29, 0.717) is 0 Å². The Morgan fingerprint density at radius 1 is 1.19 bits per heavy atom. The van der Waals surface area contributed by atoms with E-state index in [1.165, 1.54) is 25.7 Å². The molecule has 4 heteroatoms. The third kappa shape index (κ3) is 5.73. The predicted octanol–water partition coefficient (Wildman–Crippen LogP) is 4.17. The fourth-order valence-corrected chi connectivity index (χ4v) is 2.47. The Hall–Kier alpha value is -0.250. The van der Waals surface area contributed by atoms with Crippen molar-refractivity contribution in [1.29, 1.82) is 0 Å². The van der Waals surface area contributed by atoms with Crippen LogP contribution in [0.5, 0.6) is 0 Å². The van der Waals surface area contributed by atoms with Gasteiger partial charge in [0.1, 0.15) is 6.61 Å². The van der Waals surface area contributed by atoms with E-state index in [1.54, 1.807) is 0 Å². The Balaban J connectivity index is 1.96. The van der Waals surface area contributed by atoms with Crippen molar-refractivity contribution >= 4 is 0 Å². The fraction of sp³-hybridized carbons (Fsp3) is 1.00. The van der Waals surface area contributed by atoms with Crippen LogP contribution in [-0.4, -0.2) is 19.4 Å². The molecule has 0 saturated heterocycles. The molecule has 0 heterocycles. The zero-order chi connectivity index (χ0) is 12.0. The topological polar surface area (TPSA) is 9.23 Å². The number of halogens is 3. The summed E-state index contributed by atoms with van der Waals surface area (Å²) >= 11 is 0. The van der Waals surface area contributed by atoms with Gasteiger partial charge in [-0.05, 0) is 31.1 Å². The second-order valence-electron chi connectivity index (χ2n) is 4.76. The zero-order valence-corrected chi connectivity index (χ0v) is 9.85. The Morgan fingerprint density at radius 2 is 1.88 bits per heavy atom. The molecule has 2 atom stereocenters. The fourth-order valence-electron chi connectivity index (χ4n) is 2.47. The van der Waals surface area contributed by atoms with Crippen LogP contribution in [-0.2, 0) is 4.74 Å². The number of rotatable bonds is 6. The van der Waals surface area contributed by atoms with Crippen molar-refractivity contribution in [3.8, 4) is 0 Å². The van der Waals surface area contributed by atoms with Crippen molar-refractivity contribution in [1.82, 2.24) is 0 Å². The Morgan fingerprint density at radius 3 is 2.44 bits per heavy atom. The quantitative estimate of drug-likeness (QED) is 0.631. The van der Waals surface area contributed by atoms with Gasteiger partial charge in [-0.25, -0.2) is 0 Å². The normalized spacial score (nSPS) is 26.2. The molecule has 2 unspecified atom stereocenters. The van der Waals surface area contributed by atoms with Crippen LogP contribution < -0.4 is 0 Å². The molecule has 1 aliphatic carbocycles. The maximum Gasteiger partial charge on any atom is 0.411 e. The summed E-state index contributed by atoms with van der Waals surface area (Å²) in [6.07, 6.45) is 2.64. The highest BCUT2D eigenvalue weighted by Crippen LogP contribution is 2.35. The number of hydrogen-bond acceptors (Lipinski definition) is 1. The molecule has 1 nitrogen and oxygen atoms in total. The Bertz CT molecular complexity index is 191. The lowest BCUT2D eigenvalue weighted by Gasteiger charge is -2.11. The first kappa shape index (κ1) is 13.8. The van der Waals surface area contributed by atoms with Crippen LogP contribution in [0.3, 0.4) is 0 Å². The van der Waals surface area contributed by atoms with Gasteiger partial charge in [-0.1, -0.05) is 26.2 Å². The van der Waals surface area contributed by atoms with Gasteiger partial charge in [-0.15, -0.1) is 0 Å². The smallest absolute Gasteiger partial charge is 0.372 e. The first-order chi connectivity index (χ1) is 7.51. The summed E-state index contributed by atoms with van der Waals surface area (Å²) in [6, 6.07) is 0. The summed E-state index contributed by atoms with van der Waals surface area (Å²) in [5, 5.41) is 0. The van der Waals surface area contributed by atoms with Crippen LogP contribution in [0.15, 0.2) is 0 Å². The highest BCUT2D eigenvalue weighted by atomic mass is 19.4. The SMILES string of the molecule is CCC1CCC(CCCOCC(F)(F)F)C1. The lowest BCUT2D eigenvalue weighted by Crippen LogP contribution is -2.17. The third-order valence-electron chi connectivity index (χ3n) is 3.39. The van der Waals surface area contributed by atoms with Crippen molar-refractivity contribution < 1.29 is 17.9 Å². The molecule has 96 valence electrons. The second kappa shape index (κ2) is 6.48. The molecule has 16 heavy (non-hydrogen) atoms. The Labute approximate surface area is 95.4 Å². The van der Waals surface area contributed by atoms with E-state index in [4.69, 9.17) is 0 Å². The van der Waals surface area contributed by atoms with Gasteiger partial charge in [0.25, 0.3) is 0 Å². The van der Waals surface area contributed by atoms with E-state index in [9.17, 15) is 13.2 Å². The van der Waals surface area contributed by atoms with Gasteiger partial charge in [0.2, 0.25) is 0 Å². The maximum absolute atomic E-state index is 11.8. The van der Waals surface area contributed by atoms with Gasteiger partial charge in [-0.3, -0.25) is 0 Å². The lowest BCUT2D eigenvalue weighted by atomic mass is 9.99. The molecule has 1 saturated carbocycles. The van der Waals surface area contributed by atoms with Gasteiger partial charge < -0.3 is 4.74 Å². The van der Waals surface area contributed by atoms with Gasteiger partial charge in [0, 0.05) is 6.61 Å². The van der Waals surface area contributed by atoms with Gasteiger partial charge in [0.15, 0.2) is 0 Å². The van der Waals surface area contributed by atoms with Crippen molar-refractivity contribution in [3.63, 3.8) is 0 Å². The minimum absolute atomic E-state index is 0.243. The highest BCUT2D eigenvalue weighted by molar-refractivity contribution is 4.74. The first-order valence-electron chi connectivity index (χ1n) is 6.15. The summed E-state index contributed by atoms with van der Waals surface area (Å²) in [4.78, 5) is 0. The first-order valence-corrected chi connectivity index (χ1v) is 6.15. The summed E-state index contributed by atoms with van der Waals surface area (Å²) in [7, 11) is 0. The zero-order valence-electron chi connectivity index (χ0n) is 9.85. The predicted molar refractivity (Wildman–Crippen MR) is 57.2 cm³/mol. The van der Waals surface area contributed by atoms with Crippen molar-refractivity contribution in [2.45, 2.75) is 51.6 Å². The molecule has 0 aromatic heterocycles. The summed E-state index contributed by atoms with van der Waals surface area (Å²) < 4.78 is 39.9. The number of hydrogen-bond donors (Lipinski definition) is 0. The number of alkyl halides is 3. The van der Waals surface area contributed by atoms with Gasteiger partial charge in [0.05, 0.1) is 0 Å². The standard InChI is InChI=1S/C12H21F3O/c1-2-10-5-6-11(8-10)4-3-7-16-9-12(13,14)15/h10-11H,2-9H2,1H3. The minimum Gasteiger partial charge on any atom is -0.372 e. The van der Waals surface area contributed by atoms with Gasteiger partial charge in [-0.2, -0.15) is 13.2 Å². The lowest BCUT2D eigenvalue weighted by molar-refractivity contribution is -0.174. The molecule has 0 bridgehead atoms. The molecule has 0 amide bonds. The molecule has 0 aromatic rings. The van der Waals surface area contributed by atoms with Crippen LogP contribution in [0.1, 0.15) is 45.4 Å². The summed E-state index contributed by atoms with van der Waals surface area (Å²) in [6.45, 7) is 1.35. The number of ether oxygens (including phenoxy) is 1. The molecule has 0 aliphatic heterocycles. The van der Waals surface area contributed by atoms with E-state index < -0.39 is 12.8 Å². The molecule has 0 aromatic carbocycles. The van der Waals surface area contributed by atoms with Gasteiger partial charge >= 0.3 is 6.18 Å². The van der Waals surface area contributed by atoms with Crippen LogP contribution >= 0.6 is 0 Å². The van der Waals surface area contributed by atoms with E-state index in [-0.39, 0.29) is 6.61 Å². The van der Waals surface area contributed by atoms with Crippen molar-refractivity contribution in [2.24, 2.45) is 11.8 Å². The molecular formula is C12H21F3O. The summed E-state index contributed by atoms with van der Waals surface area (Å²) in [5.74, 6) is 1.57. The monoisotopic (exact) mass is 238 g/mol. The Kier molecular flexibility index (Phi) is 5.59. The van der Waals surface area contributed by atoms with E-state index in [1.807, 2.05) is 0 Å². The largest absolute Gasteiger partial charge is 0.411 e. The molecule has 1 fully saturated rings. The minimum atomic E-state index is -4.18. The van der Waals surface area contributed by atoms with Crippen molar-refractivity contribution in [3.05, 3.63) is 0 Å². The van der Waals surface area contributed by atoms with Crippen molar-refractivity contribution in [2.75, 3.05) is 13.2 Å². The average Bonchev–Trinajstić information content (AvgIpc) is 2.63. The third-order valence-corrected chi connectivity index (χ3v) is 3.39. The van der Waals surface area contributed by atoms with Crippen LogP contribution in [0.4, 0.5) is 13.2 Å². The maximum atomic E-state index is 11.8. The molecule has 1 rings (SSSR count). The van der Waals surface area contributed by atoms with E-state index in [0.717, 1.165) is 24.7 Å². The molecule has 1 aliphatic rings. The molecule has 0 spiro atoms. The second-order valence-corrected chi connectivity index (χ2v) is 4.76. The summed E-state index contributed by atoms with van der Waals surface area (Å²) in [5.41, 5.74) is 0. The van der Waals surface area contributed by atoms with Crippen LogP contribution in [0.2, 0.25) is 0 Å². The van der Waals surface area contributed by atoms with Crippen LogP contribution in [0.25, 0.3) is 0 Å². The molecule has 0 N–H and O–H groups in total. The molecule has 0 radical (unpaired) electrons. The average molecular weight is 238 g/mol. The van der Waals surface area contributed by atoms with E-state index >= 15 is 0 Å². The van der Waals surface area contributed by atoms with Crippen LogP contribution in [0, 0.1) is 11.8 Å². The highest BCUT2D eigenvalue weighted by Gasteiger charge is 2.27. The van der Waals surface area contributed by atoms with E-state index in [2.05, 4.69) is 11.7 Å². The molecular weight excluding hydrogens is 217 g/mol.